The van der Waals surface area contributed by atoms with E-state index in [1.807, 2.05) is 0 Å². The number of piperazine rings is 1. The van der Waals surface area contributed by atoms with Crippen LogP contribution >= 0.6 is 0 Å². The Hall–Kier alpha value is -0.860. The molecule has 1 N–H and O–H groups in total. The van der Waals surface area contributed by atoms with Gasteiger partial charge in [0, 0.05) is 19.1 Å². The minimum absolute atomic E-state index is 0.116. The summed E-state index contributed by atoms with van der Waals surface area (Å²) < 4.78 is 0. The highest BCUT2D eigenvalue weighted by Gasteiger charge is 2.37. The topological polar surface area (TPSA) is 15.3 Å². The molecule has 0 saturated carbocycles. The zero-order valence-corrected chi connectivity index (χ0v) is 12.1. The molecule has 3 unspecified atom stereocenters. The molecule has 0 radical (unpaired) electrons. The van der Waals surface area contributed by atoms with E-state index in [1.165, 1.54) is 12.0 Å². The fourth-order valence-corrected chi connectivity index (χ4v) is 2.81. The smallest absolute Gasteiger partial charge is 0.0555 e. The van der Waals surface area contributed by atoms with Crippen molar-refractivity contribution in [3.63, 3.8) is 0 Å². The summed E-state index contributed by atoms with van der Waals surface area (Å²) >= 11 is 0. The van der Waals surface area contributed by atoms with Gasteiger partial charge in [-0.05, 0) is 25.5 Å². The molecule has 1 saturated heterocycles. The molecule has 18 heavy (non-hydrogen) atoms. The third kappa shape index (κ3) is 2.45. The average molecular weight is 246 g/mol. The lowest BCUT2D eigenvalue weighted by Gasteiger charge is -2.48. The van der Waals surface area contributed by atoms with E-state index in [0.29, 0.717) is 6.04 Å². The van der Waals surface area contributed by atoms with E-state index in [1.54, 1.807) is 0 Å². The Labute approximate surface area is 111 Å². The van der Waals surface area contributed by atoms with Crippen LogP contribution in [0.3, 0.4) is 0 Å². The molecule has 1 aliphatic rings. The Morgan fingerprint density at radius 3 is 2.61 bits per heavy atom. The van der Waals surface area contributed by atoms with Crippen LogP contribution in [0.25, 0.3) is 0 Å². The summed E-state index contributed by atoms with van der Waals surface area (Å²) in [5.74, 6) is 0.743. The van der Waals surface area contributed by atoms with Gasteiger partial charge in [-0.3, -0.25) is 4.90 Å². The first-order valence-electron chi connectivity index (χ1n) is 7.08. The van der Waals surface area contributed by atoms with Crippen LogP contribution in [0.15, 0.2) is 30.3 Å². The largest absolute Gasteiger partial charge is 0.310 e. The van der Waals surface area contributed by atoms with Crippen molar-refractivity contribution >= 4 is 0 Å². The van der Waals surface area contributed by atoms with Crippen LogP contribution in [0, 0.1) is 5.92 Å². The van der Waals surface area contributed by atoms with Crippen molar-refractivity contribution in [3.8, 4) is 0 Å². The van der Waals surface area contributed by atoms with E-state index in [-0.39, 0.29) is 5.54 Å². The summed E-state index contributed by atoms with van der Waals surface area (Å²) in [4.78, 5) is 2.51. The highest BCUT2D eigenvalue weighted by Crippen LogP contribution is 2.30. The summed E-state index contributed by atoms with van der Waals surface area (Å²) in [6.45, 7) is 9.11. The summed E-state index contributed by atoms with van der Waals surface area (Å²) in [6, 6.07) is 11.5. The SMILES string of the molecule is CCC(C)C1CN(C)C(C)(c2ccccc2)CN1. The maximum Gasteiger partial charge on any atom is 0.0555 e. The second kappa shape index (κ2) is 5.41. The summed E-state index contributed by atoms with van der Waals surface area (Å²) in [5, 5.41) is 3.75. The number of hydrogen-bond donors (Lipinski definition) is 1. The second-order valence-corrected chi connectivity index (χ2v) is 5.89. The predicted molar refractivity (Wildman–Crippen MR) is 77.7 cm³/mol. The molecule has 0 bridgehead atoms. The molecule has 0 spiro atoms. The third-order valence-corrected chi connectivity index (χ3v) is 4.75. The maximum atomic E-state index is 3.75. The Kier molecular flexibility index (Phi) is 4.08. The van der Waals surface area contributed by atoms with Crippen LogP contribution < -0.4 is 5.32 Å². The Balaban J connectivity index is 2.14. The molecular weight excluding hydrogens is 220 g/mol. The number of nitrogens with one attached hydrogen (secondary N) is 1. The number of rotatable bonds is 3. The lowest BCUT2D eigenvalue weighted by Crippen LogP contribution is -2.61. The number of benzene rings is 1. The van der Waals surface area contributed by atoms with Crippen molar-refractivity contribution in [2.45, 2.75) is 38.8 Å². The van der Waals surface area contributed by atoms with Crippen molar-refractivity contribution < 1.29 is 0 Å². The average Bonchev–Trinajstić information content (AvgIpc) is 2.42. The van der Waals surface area contributed by atoms with Gasteiger partial charge in [0.1, 0.15) is 0 Å². The van der Waals surface area contributed by atoms with Crippen molar-refractivity contribution in [1.29, 1.82) is 0 Å². The zero-order valence-electron chi connectivity index (χ0n) is 12.1. The van der Waals surface area contributed by atoms with Gasteiger partial charge in [-0.25, -0.2) is 0 Å². The molecule has 1 fully saturated rings. The van der Waals surface area contributed by atoms with E-state index in [4.69, 9.17) is 0 Å². The Morgan fingerprint density at radius 1 is 1.39 bits per heavy atom. The van der Waals surface area contributed by atoms with Crippen molar-refractivity contribution in [2.24, 2.45) is 5.92 Å². The van der Waals surface area contributed by atoms with Gasteiger partial charge in [-0.2, -0.15) is 0 Å². The van der Waals surface area contributed by atoms with Gasteiger partial charge in [0.25, 0.3) is 0 Å². The molecule has 0 aliphatic carbocycles. The fraction of sp³-hybridized carbons (Fsp3) is 0.625. The zero-order chi connectivity index (χ0) is 13.2. The van der Waals surface area contributed by atoms with E-state index in [9.17, 15) is 0 Å². The number of likely N-dealkylation sites (N-methyl/N-ethyl adjacent to an activating group) is 1. The first kappa shape index (κ1) is 13.6. The van der Waals surface area contributed by atoms with Crippen LogP contribution in [0.5, 0.6) is 0 Å². The summed E-state index contributed by atoms with van der Waals surface area (Å²) in [5.41, 5.74) is 1.52. The lowest BCUT2D eigenvalue weighted by molar-refractivity contribution is 0.0617. The Morgan fingerprint density at radius 2 is 2.06 bits per heavy atom. The van der Waals surface area contributed by atoms with Crippen LogP contribution in [-0.2, 0) is 5.54 Å². The van der Waals surface area contributed by atoms with Gasteiger partial charge in [0.05, 0.1) is 5.54 Å². The van der Waals surface area contributed by atoms with E-state index in [0.717, 1.165) is 19.0 Å². The van der Waals surface area contributed by atoms with Crippen LogP contribution in [0.2, 0.25) is 0 Å². The van der Waals surface area contributed by atoms with E-state index < -0.39 is 0 Å². The van der Waals surface area contributed by atoms with Gasteiger partial charge < -0.3 is 5.32 Å². The fourth-order valence-electron chi connectivity index (χ4n) is 2.81. The van der Waals surface area contributed by atoms with Crippen molar-refractivity contribution in [3.05, 3.63) is 35.9 Å². The van der Waals surface area contributed by atoms with E-state index in [2.05, 4.69) is 68.4 Å². The first-order chi connectivity index (χ1) is 8.58. The minimum Gasteiger partial charge on any atom is -0.310 e. The summed E-state index contributed by atoms with van der Waals surface area (Å²) in [7, 11) is 2.25. The molecule has 2 nitrogen and oxygen atoms in total. The van der Waals surface area contributed by atoms with Crippen LogP contribution in [-0.4, -0.2) is 31.1 Å². The highest BCUT2D eigenvalue weighted by molar-refractivity contribution is 5.25. The van der Waals surface area contributed by atoms with Crippen molar-refractivity contribution in [1.82, 2.24) is 10.2 Å². The standard InChI is InChI=1S/C16H26N2/c1-5-13(2)15-11-18(4)16(3,12-17-15)14-9-7-6-8-10-14/h6-10,13,15,17H,5,11-12H2,1-4H3. The molecule has 1 aromatic rings. The second-order valence-electron chi connectivity index (χ2n) is 5.89. The van der Waals surface area contributed by atoms with Gasteiger partial charge >= 0.3 is 0 Å². The van der Waals surface area contributed by atoms with Gasteiger partial charge in [-0.15, -0.1) is 0 Å². The number of hydrogen-bond acceptors (Lipinski definition) is 2. The molecule has 0 aromatic heterocycles. The van der Waals surface area contributed by atoms with Crippen molar-refractivity contribution in [2.75, 3.05) is 20.1 Å². The van der Waals surface area contributed by atoms with E-state index >= 15 is 0 Å². The quantitative estimate of drug-likeness (QED) is 0.882. The molecule has 2 heteroatoms. The summed E-state index contributed by atoms with van der Waals surface area (Å²) in [6.07, 6.45) is 1.24. The molecule has 100 valence electrons. The molecule has 2 rings (SSSR count). The molecule has 1 heterocycles. The van der Waals surface area contributed by atoms with Gasteiger partial charge in [0.2, 0.25) is 0 Å². The maximum absolute atomic E-state index is 3.75. The monoisotopic (exact) mass is 246 g/mol. The third-order valence-electron chi connectivity index (χ3n) is 4.75. The lowest BCUT2D eigenvalue weighted by atomic mass is 9.85. The molecule has 1 aliphatic heterocycles. The molecule has 3 atom stereocenters. The van der Waals surface area contributed by atoms with Crippen LogP contribution in [0.4, 0.5) is 0 Å². The number of nitrogens with zero attached hydrogens (tertiary/aromatic N) is 1. The van der Waals surface area contributed by atoms with Crippen LogP contribution in [0.1, 0.15) is 32.8 Å². The van der Waals surface area contributed by atoms with Gasteiger partial charge in [-0.1, -0.05) is 50.6 Å². The van der Waals surface area contributed by atoms with Gasteiger partial charge in [0.15, 0.2) is 0 Å². The predicted octanol–water partition coefficient (Wildman–Crippen LogP) is 2.85. The normalized spacial score (nSPS) is 31.2. The highest BCUT2D eigenvalue weighted by atomic mass is 15.2. The molecule has 0 amide bonds. The Bertz CT molecular complexity index is 376. The molecule has 1 aromatic carbocycles. The molecular formula is C16H26N2. The minimum atomic E-state index is 0.116. The first-order valence-corrected chi connectivity index (χ1v) is 7.08.